The van der Waals surface area contributed by atoms with Crippen LogP contribution in [0.5, 0.6) is 0 Å². The molecule has 0 aliphatic carbocycles. The molecule has 0 bridgehead atoms. The van der Waals surface area contributed by atoms with Crippen molar-refractivity contribution in [1.29, 1.82) is 0 Å². The Morgan fingerprint density at radius 2 is 0.888 bits per heavy atom. The number of aromatic nitrogens is 2. The van der Waals surface area contributed by atoms with Crippen molar-refractivity contribution in [2.24, 2.45) is 4.99 Å². The third-order valence-electron chi connectivity index (χ3n) is 15.6. The number of aliphatic imine (C=N–C) groups is 1. The summed E-state index contributed by atoms with van der Waals surface area (Å²) in [5, 5.41) is 6.32. The standard InChI is InChI=1S/C31H38N2O5S2.C28H32N2O2S.C3H6O3S.CH3I.CH4.6O3S/c1-6-10-27(34)25-17-21(18-26(32-25)28(35)11-7-2)23-19-24-29(22-12-15-39-30(22)23)33(14-9-16-40(36,37)38)20(4)31(24,5)13-8-3;1-6-9-24(31)22-14-18(15-23(30-22)25(32)10-7-2)20-16-21-26(19-11-13-33-27(19)20)29-17(4)28(21,5)12-8-3;4-7(5)3-1-2-6-7;1-2;;6*1-4(2)3/h12,15,17-19H,6-11,13-14,16H2,1-5H3;11,13-16H,6-10,12H2,1-5H3;1-3H2;1H3;1H4;;;;;;. The van der Waals surface area contributed by atoms with Gasteiger partial charge in [-0.2, -0.15) is 13.0 Å². The van der Waals surface area contributed by atoms with Crippen LogP contribution in [-0.4, -0.2) is 176 Å². The van der Waals surface area contributed by atoms with E-state index in [2.05, 4.69) is 113 Å². The maximum Gasteiger partial charge on any atom is 0.425 e. The van der Waals surface area contributed by atoms with E-state index in [0.717, 1.165) is 109 Å². The smallest absolute Gasteiger partial charge is 0.425 e. The molecule has 594 valence electrons. The summed E-state index contributed by atoms with van der Waals surface area (Å²) in [4.78, 5) is 67.5. The summed E-state index contributed by atoms with van der Waals surface area (Å²) in [5.74, 6) is -0.364. The minimum atomic E-state index is -4.30. The van der Waals surface area contributed by atoms with Crippen LogP contribution in [0.4, 0.5) is 11.4 Å². The average molecular weight is 1800 g/mol. The molecule has 1 saturated heterocycles. The number of alkyl halides is 1. The number of Topliss-reactive ketones (excluding diaryl/α,β-unsaturated/α-hetero) is 4. The van der Waals surface area contributed by atoms with Crippen LogP contribution in [0.1, 0.15) is 220 Å². The third kappa shape index (κ3) is 34.2. The van der Waals surface area contributed by atoms with Gasteiger partial charge >= 0.3 is 63.7 Å². The highest BCUT2D eigenvalue weighted by Crippen LogP contribution is 2.52. The Bertz CT molecular complexity index is 4840. The van der Waals surface area contributed by atoms with E-state index in [1.165, 1.54) is 5.56 Å². The van der Waals surface area contributed by atoms with Gasteiger partial charge in [-0.25, -0.2) is 18.4 Å². The normalized spacial score (nSPS) is 14.9. The number of carbonyl (C=O) groups is 4. The summed E-state index contributed by atoms with van der Waals surface area (Å²) >= 11 is 5.43. The van der Waals surface area contributed by atoms with Crippen molar-refractivity contribution in [3.05, 3.63) is 93.2 Å². The Labute approximate surface area is 652 Å². The van der Waals surface area contributed by atoms with Crippen molar-refractivity contribution < 1.29 is 125 Å². The van der Waals surface area contributed by atoms with Crippen LogP contribution in [-0.2, 0) is 98.9 Å². The number of pyridine rings is 2. The molecule has 1 fully saturated rings. The zero-order valence-corrected chi connectivity index (χ0v) is 69.5. The SMILES string of the molecule is C.CCCC(=O)c1cc(-c2cc3c(c4ccsc24)N=C(C)C3(C)CCC)cc(C(=O)CCC)n1.CCCC(=O)c1cc(-c2cc3c(c4ccsc24)[N+](CCCS(=O)(=O)[O-])=C(C)C3(C)CCC)cc(C(=O)CCC)n1.CI.O=S(=O)=O.O=S(=O)=O.O=S(=O)=O.O=S(=O)=O.O=S(=O)=O.O=S(=O)=O.O=S1(=O)CCCO1. The van der Waals surface area contributed by atoms with E-state index < -0.39 is 89.6 Å². The van der Waals surface area contributed by atoms with E-state index in [9.17, 15) is 40.6 Å². The fraction of sp³-hybridized carbons (Fsp3) is 0.500. The lowest BCUT2D eigenvalue weighted by atomic mass is 9.75. The molecule has 32 nitrogen and oxygen atoms in total. The molecular formula is C64H83IN4O28S10. The van der Waals surface area contributed by atoms with Gasteiger partial charge in [-0.15, -0.1) is 98.4 Å². The minimum Gasteiger partial charge on any atom is -0.748 e. The van der Waals surface area contributed by atoms with Crippen molar-refractivity contribution in [3.8, 4) is 22.3 Å². The largest absolute Gasteiger partial charge is 0.748 e. The number of hydrogen-bond acceptors (Lipinski definition) is 33. The van der Waals surface area contributed by atoms with Crippen molar-refractivity contribution in [1.82, 2.24) is 9.97 Å². The number of carbonyl (C=O) groups excluding carboxylic acids is 4. The molecule has 2 aromatic carbocycles. The molecule has 3 aliphatic rings. The molecule has 0 radical (unpaired) electrons. The van der Waals surface area contributed by atoms with Gasteiger partial charge in [0, 0.05) is 87.4 Å². The maximum atomic E-state index is 13.0. The first-order valence-electron chi connectivity index (χ1n) is 31.6. The molecule has 0 spiro atoms. The second kappa shape index (κ2) is 49.9. The topological polar surface area (TPSA) is 517 Å². The van der Waals surface area contributed by atoms with Crippen LogP contribution in [0.15, 0.2) is 64.3 Å². The van der Waals surface area contributed by atoms with Crippen LogP contribution in [0.2, 0.25) is 0 Å². The van der Waals surface area contributed by atoms with E-state index in [4.69, 9.17) is 80.8 Å². The average Bonchev–Trinajstić information content (AvgIpc) is 1.57. The number of thiophene rings is 2. The highest BCUT2D eigenvalue weighted by molar-refractivity contribution is 14.1. The summed E-state index contributed by atoms with van der Waals surface area (Å²) in [7, 11) is -26.0. The van der Waals surface area contributed by atoms with Gasteiger partial charge in [0.2, 0.25) is 5.69 Å². The first-order chi connectivity index (χ1) is 49.4. The highest BCUT2D eigenvalue weighted by Gasteiger charge is 2.47. The Balaban J connectivity index is 0. The first kappa shape index (κ1) is 102. The van der Waals surface area contributed by atoms with Crippen LogP contribution in [0.25, 0.3) is 42.4 Å². The first-order valence-corrected chi connectivity index (χ1v) is 44.7. The Morgan fingerprint density at radius 1 is 0.551 bits per heavy atom. The van der Waals surface area contributed by atoms with Gasteiger partial charge in [0.25, 0.3) is 10.1 Å². The van der Waals surface area contributed by atoms with Gasteiger partial charge in [0.1, 0.15) is 29.3 Å². The van der Waals surface area contributed by atoms with Gasteiger partial charge in [-0.1, -0.05) is 91.3 Å². The minimum absolute atomic E-state index is 0. The predicted octanol–water partition coefficient (Wildman–Crippen LogP) is 10.5. The molecule has 2 unspecified atom stereocenters. The molecule has 3 aliphatic heterocycles. The molecular weight excluding hydrogens is 1720 g/mol. The van der Waals surface area contributed by atoms with E-state index in [1.807, 2.05) is 62.3 Å². The molecule has 0 N–H and O–H groups in total. The summed E-state index contributed by atoms with van der Waals surface area (Å²) in [6.07, 6.45) is 9.35. The van der Waals surface area contributed by atoms with E-state index in [1.54, 1.807) is 22.7 Å². The molecule has 9 rings (SSSR count). The number of nitrogens with zero attached hydrogens (tertiary/aromatic N) is 4. The second-order valence-electron chi connectivity index (χ2n) is 22.8. The third-order valence-corrected chi connectivity index (χ3v) is 19.6. The lowest BCUT2D eigenvalue weighted by Crippen LogP contribution is -2.30. The summed E-state index contributed by atoms with van der Waals surface area (Å²) in [6.45, 7) is 21.8. The number of hydrogen-bond donors (Lipinski definition) is 0. The van der Waals surface area contributed by atoms with Crippen LogP contribution >= 0.6 is 45.3 Å². The maximum absolute atomic E-state index is 13.0. The second-order valence-corrected chi connectivity index (χ2v) is 30.4. The summed E-state index contributed by atoms with van der Waals surface area (Å²) in [6, 6.07) is 16.1. The lowest BCUT2D eigenvalue weighted by molar-refractivity contribution is -0.437. The number of rotatable bonds is 22. The Kier molecular flexibility index (Phi) is 47.6. The van der Waals surface area contributed by atoms with Crippen molar-refractivity contribution in [2.75, 3.05) is 29.6 Å². The predicted molar refractivity (Wildman–Crippen MR) is 408 cm³/mol. The van der Waals surface area contributed by atoms with E-state index in [0.29, 0.717) is 80.9 Å². The van der Waals surface area contributed by atoms with Crippen molar-refractivity contribution in [2.45, 2.75) is 177 Å². The number of ketones is 4. The molecule has 43 heteroatoms. The molecule has 6 aromatic rings. The number of fused-ring (bicyclic) bond motifs is 6. The van der Waals surface area contributed by atoms with Gasteiger partial charge in [0.05, 0.1) is 39.0 Å². The molecule has 7 heterocycles. The van der Waals surface area contributed by atoms with E-state index in [-0.39, 0.29) is 53.6 Å². The fourth-order valence-corrected chi connectivity index (χ4v) is 14.6. The molecule has 0 saturated carbocycles. The van der Waals surface area contributed by atoms with E-state index >= 15 is 0 Å². The zero-order chi connectivity index (χ0) is 81.8. The number of halogens is 1. The van der Waals surface area contributed by atoms with Crippen LogP contribution in [0.3, 0.4) is 0 Å². The Morgan fingerprint density at radius 3 is 1.20 bits per heavy atom. The Hall–Kier alpha value is -7.05. The van der Waals surface area contributed by atoms with Crippen LogP contribution < -0.4 is 0 Å². The van der Waals surface area contributed by atoms with Crippen molar-refractivity contribution >= 4 is 195 Å². The molecule has 0 amide bonds. The zero-order valence-electron chi connectivity index (χ0n) is 59.2. The monoisotopic (exact) mass is 1800 g/mol. The quantitative estimate of drug-likeness (QED) is 0.0152. The fourth-order valence-electron chi connectivity index (χ4n) is 11.2. The van der Waals surface area contributed by atoms with Gasteiger partial charge in [-0.3, -0.25) is 28.4 Å². The lowest BCUT2D eigenvalue weighted by Gasteiger charge is -2.26. The van der Waals surface area contributed by atoms with Crippen molar-refractivity contribution in [3.63, 3.8) is 0 Å². The van der Waals surface area contributed by atoms with Gasteiger partial charge in [-0.05, 0) is 140 Å². The highest BCUT2D eigenvalue weighted by atomic mass is 127. The molecule has 2 atom stereocenters. The number of benzene rings is 2. The molecule has 107 heavy (non-hydrogen) atoms. The molecule has 4 aromatic heterocycles. The summed E-state index contributed by atoms with van der Waals surface area (Å²) < 4.78 is 215. The van der Waals surface area contributed by atoms with Gasteiger partial charge < -0.3 is 4.55 Å². The van der Waals surface area contributed by atoms with Crippen LogP contribution in [0, 0.1) is 0 Å². The summed E-state index contributed by atoms with van der Waals surface area (Å²) in [5.41, 5.74) is 11.5. The van der Waals surface area contributed by atoms with Gasteiger partial charge in [0.15, 0.2) is 28.8 Å².